The van der Waals surface area contributed by atoms with E-state index in [0.29, 0.717) is 19.0 Å². The second-order valence-corrected chi connectivity index (χ2v) is 5.28. The van der Waals surface area contributed by atoms with Gasteiger partial charge in [0.2, 0.25) is 5.91 Å². The highest BCUT2D eigenvalue weighted by atomic mass is 19.1. The maximum absolute atomic E-state index is 13.5. The first-order valence-electron chi connectivity index (χ1n) is 7.20. The molecule has 21 heavy (non-hydrogen) atoms. The SMILES string of the molecule is O=C(CN(CCCO)C1CCC1)Nc1c(F)cccc1F. The molecule has 4 nitrogen and oxygen atoms in total. The van der Waals surface area contributed by atoms with Crippen molar-refractivity contribution in [2.75, 3.05) is 25.0 Å². The second-order valence-electron chi connectivity index (χ2n) is 5.28. The molecule has 0 unspecified atom stereocenters. The first kappa shape index (κ1) is 15.9. The number of aliphatic hydroxyl groups is 1. The third-order valence-corrected chi connectivity index (χ3v) is 3.77. The molecule has 0 radical (unpaired) electrons. The summed E-state index contributed by atoms with van der Waals surface area (Å²) in [6.07, 6.45) is 3.75. The minimum atomic E-state index is -0.783. The van der Waals surface area contributed by atoms with Crippen LogP contribution in [-0.2, 0) is 4.79 Å². The fourth-order valence-electron chi connectivity index (χ4n) is 2.40. The Labute approximate surface area is 122 Å². The summed E-state index contributed by atoms with van der Waals surface area (Å²) in [5, 5.41) is 11.2. The lowest BCUT2D eigenvalue weighted by molar-refractivity contribution is -0.118. The van der Waals surface area contributed by atoms with Crippen molar-refractivity contribution < 1.29 is 18.7 Å². The molecule has 0 spiro atoms. The van der Waals surface area contributed by atoms with Crippen LogP contribution in [0.3, 0.4) is 0 Å². The van der Waals surface area contributed by atoms with Crippen LogP contribution in [0.25, 0.3) is 0 Å². The number of rotatable bonds is 7. The zero-order valence-corrected chi connectivity index (χ0v) is 11.8. The van der Waals surface area contributed by atoms with Crippen LogP contribution in [0, 0.1) is 11.6 Å². The van der Waals surface area contributed by atoms with E-state index < -0.39 is 23.2 Å². The molecular weight excluding hydrogens is 278 g/mol. The van der Waals surface area contributed by atoms with E-state index in [4.69, 9.17) is 5.11 Å². The molecule has 1 aliphatic carbocycles. The van der Waals surface area contributed by atoms with E-state index in [1.54, 1.807) is 0 Å². The first-order valence-corrected chi connectivity index (χ1v) is 7.20. The van der Waals surface area contributed by atoms with Crippen LogP contribution in [0.2, 0.25) is 0 Å². The summed E-state index contributed by atoms with van der Waals surface area (Å²) in [6, 6.07) is 3.79. The Morgan fingerprint density at radius 2 is 2.00 bits per heavy atom. The monoisotopic (exact) mass is 298 g/mol. The third kappa shape index (κ3) is 4.22. The Balaban J connectivity index is 1.95. The molecule has 1 aromatic rings. The summed E-state index contributed by atoms with van der Waals surface area (Å²) < 4.78 is 27.0. The molecule has 0 aliphatic heterocycles. The van der Waals surface area contributed by atoms with Gasteiger partial charge in [-0.3, -0.25) is 9.69 Å². The lowest BCUT2D eigenvalue weighted by Gasteiger charge is -2.37. The molecule has 116 valence electrons. The van der Waals surface area contributed by atoms with Gasteiger partial charge in [0.1, 0.15) is 17.3 Å². The van der Waals surface area contributed by atoms with Crippen molar-refractivity contribution >= 4 is 11.6 Å². The van der Waals surface area contributed by atoms with Crippen molar-refractivity contribution in [2.45, 2.75) is 31.7 Å². The first-order chi connectivity index (χ1) is 10.1. The Morgan fingerprint density at radius 3 is 2.52 bits per heavy atom. The van der Waals surface area contributed by atoms with Crippen LogP contribution in [0.15, 0.2) is 18.2 Å². The highest BCUT2D eigenvalue weighted by Gasteiger charge is 2.26. The summed E-state index contributed by atoms with van der Waals surface area (Å²) in [5.41, 5.74) is -0.404. The second kappa shape index (κ2) is 7.47. The Kier molecular flexibility index (Phi) is 5.64. The van der Waals surface area contributed by atoms with Crippen LogP contribution in [0.1, 0.15) is 25.7 Å². The van der Waals surface area contributed by atoms with Crippen molar-refractivity contribution in [3.05, 3.63) is 29.8 Å². The zero-order chi connectivity index (χ0) is 15.2. The van der Waals surface area contributed by atoms with Crippen LogP contribution in [0.5, 0.6) is 0 Å². The molecule has 1 amide bonds. The summed E-state index contributed by atoms with van der Waals surface area (Å²) in [7, 11) is 0. The number of aliphatic hydroxyl groups excluding tert-OH is 1. The topological polar surface area (TPSA) is 52.6 Å². The van der Waals surface area contributed by atoms with E-state index in [1.165, 1.54) is 6.07 Å². The van der Waals surface area contributed by atoms with E-state index in [9.17, 15) is 13.6 Å². The number of anilines is 1. The average Bonchev–Trinajstić information content (AvgIpc) is 2.38. The molecule has 0 aromatic heterocycles. The summed E-state index contributed by atoms with van der Waals surface area (Å²) in [4.78, 5) is 14.0. The molecule has 6 heteroatoms. The standard InChI is InChI=1S/C15H20F2N2O2/c16-12-6-2-7-13(17)15(12)18-14(21)10-19(8-3-9-20)11-4-1-5-11/h2,6-7,11,20H,1,3-5,8-10H2,(H,18,21). The predicted octanol–water partition coefficient (Wildman–Crippen LogP) is 2.14. The van der Waals surface area contributed by atoms with Crippen LogP contribution >= 0.6 is 0 Å². The van der Waals surface area contributed by atoms with Crippen molar-refractivity contribution in [3.8, 4) is 0 Å². The fraction of sp³-hybridized carbons (Fsp3) is 0.533. The number of nitrogens with zero attached hydrogens (tertiary/aromatic N) is 1. The van der Waals surface area contributed by atoms with E-state index >= 15 is 0 Å². The van der Waals surface area contributed by atoms with Gasteiger partial charge in [-0.1, -0.05) is 12.5 Å². The van der Waals surface area contributed by atoms with Gasteiger partial charge in [0.05, 0.1) is 6.54 Å². The predicted molar refractivity (Wildman–Crippen MR) is 75.9 cm³/mol. The van der Waals surface area contributed by atoms with E-state index in [-0.39, 0.29) is 13.2 Å². The molecule has 2 N–H and O–H groups in total. The van der Waals surface area contributed by atoms with Gasteiger partial charge in [0.15, 0.2) is 0 Å². The highest BCUT2D eigenvalue weighted by Crippen LogP contribution is 2.25. The Bertz CT molecular complexity index is 472. The lowest BCUT2D eigenvalue weighted by atomic mass is 9.91. The summed E-state index contributed by atoms with van der Waals surface area (Å²) in [6.45, 7) is 0.750. The van der Waals surface area contributed by atoms with Crippen molar-refractivity contribution in [2.24, 2.45) is 0 Å². The van der Waals surface area contributed by atoms with E-state index in [2.05, 4.69) is 5.32 Å². The normalized spacial score (nSPS) is 15.0. The van der Waals surface area contributed by atoms with Gasteiger partial charge in [-0.25, -0.2) is 8.78 Å². The third-order valence-electron chi connectivity index (χ3n) is 3.77. The largest absolute Gasteiger partial charge is 0.396 e. The van der Waals surface area contributed by atoms with Gasteiger partial charge in [-0.15, -0.1) is 0 Å². The maximum atomic E-state index is 13.5. The number of amides is 1. The molecule has 1 saturated carbocycles. The molecule has 1 aliphatic rings. The molecule has 0 bridgehead atoms. The number of halogens is 2. The van der Waals surface area contributed by atoms with Gasteiger partial charge in [0, 0.05) is 19.2 Å². The summed E-state index contributed by atoms with van der Waals surface area (Å²) in [5.74, 6) is -2.01. The number of carbonyl (C=O) groups is 1. The molecule has 1 aromatic carbocycles. The van der Waals surface area contributed by atoms with Gasteiger partial charge in [-0.2, -0.15) is 0 Å². The summed E-state index contributed by atoms with van der Waals surface area (Å²) >= 11 is 0. The maximum Gasteiger partial charge on any atom is 0.238 e. The van der Waals surface area contributed by atoms with Crippen LogP contribution in [0.4, 0.5) is 14.5 Å². The number of hydrogen-bond acceptors (Lipinski definition) is 3. The van der Waals surface area contributed by atoms with Gasteiger partial charge >= 0.3 is 0 Å². The van der Waals surface area contributed by atoms with Crippen molar-refractivity contribution in [3.63, 3.8) is 0 Å². The number of para-hydroxylation sites is 1. The Hall–Kier alpha value is -1.53. The number of benzene rings is 1. The van der Waals surface area contributed by atoms with Crippen molar-refractivity contribution in [1.29, 1.82) is 0 Å². The number of carbonyl (C=O) groups excluding carboxylic acids is 1. The van der Waals surface area contributed by atoms with Crippen molar-refractivity contribution in [1.82, 2.24) is 4.90 Å². The minimum Gasteiger partial charge on any atom is -0.396 e. The highest BCUT2D eigenvalue weighted by molar-refractivity contribution is 5.92. The average molecular weight is 298 g/mol. The molecule has 0 saturated heterocycles. The number of nitrogens with one attached hydrogen (secondary N) is 1. The Morgan fingerprint density at radius 1 is 1.33 bits per heavy atom. The minimum absolute atomic E-state index is 0.0623. The van der Waals surface area contributed by atoms with Crippen LogP contribution < -0.4 is 5.32 Å². The van der Waals surface area contributed by atoms with Gasteiger partial charge in [-0.05, 0) is 31.4 Å². The zero-order valence-electron chi connectivity index (χ0n) is 11.8. The van der Waals surface area contributed by atoms with E-state index in [1.807, 2.05) is 4.90 Å². The molecule has 0 heterocycles. The smallest absolute Gasteiger partial charge is 0.238 e. The van der Waals surface area contributed by atoms with Gasteiger partial charge < -0.3 is 10.4 Å². The molecule has 0 atom stereocenters. The lowest BCUT2D eigenvalue weighted by Crippen LogP contribution is -2.45. The molecule has 1 fully saturated rings. The fourth-order valence-corrected chi connectivity index (χ4v) is 2.40. The molecular formula is C15H20F2N2O2. The molecule has 2 rings (SSSR count). The van der Waals surface area contributed by atoms with Crippen LogP contribution in [-0.4, -0.2) is 41.7 Å². The quantitative estimate of drug-likeness (QED) is 0.811. The number of hydrogen-bond donors (Lipinski definition) is 2. The van der Waals surface area contributed by atoms with E-state index in [0.717, 1.165) is 31.4 Å². The van der Waals surface area contributed by atoms with Gasteiger partial charge in [0.25, 0.3) is 0 Å².